The number of H-pyrrole nitrogens is 1. The molecular weight excluding hydrogens is 286 g/mol. The van der Waals surface area contributed by atoms with Gasteiger partial charge in [-0.2, -0.15) is 5.10 Å². The van der Waals surface area contributed by atoms with E-state index in [1.807, 2.05) is 37.3 Å². The van der Waals surface area contributed by atoms with Gasteiger partial charge in [0.15, 0.2) is 11.6 Å². The van der Waals surface area contributed by atoms with Gasteiger partial charge in [0.25, 0.3) is 0 Å². The zero-order chi connectivity index (χ0) is 17.1. The molecule has 1 aromatic carbocycles. The summed E-state index contributed by atoms with van der Waals surface area (Å²) in [5.41, 5.74) is 3.68. The molecule has 1 aromatic heterocycles. The lowest BCUT2D eigenvalue weighted by molar-refractivity contribution is -0.118. The van der Waals surface area contributed by atoms with E-state index in [4.69, 9.17) is 0 Å². The highest BCUT2D eigenvalue weighted by Gasteiger charge is 2.41. The van der Waals surface area contributed by atoms with Crippen molar-refractivity contribution in [1.82, 2.24) is 10.2 Å². The molecule has 0 amide bonds. The Labute approximate surface area is 137 Å². The molecule has 4 rings (SSSR count). The van der Waals surface area contributed by atoms with E-state index in [9.17, 15) is 6.17 Å². The number of Topliss-reactive ketones (excluding diaryl/α,β-unsaturated/α-hetero) is 1. The Morgan fingerprint density at radius 2 is 2.00 bits per heavy atom. The molecule has 0 bridgehead atoms. The van der Waals surface area contributed by atoms with Gasteiger partial charge < -0.3 is 5.32 Å². The zero-order valence-electron chi connectivity index (χ0n) is 14.7. The molecular formula is C19H21N3O. The van der Waals surface area contributed by atoms with E-state index in [1.54, 1.807) is 0 Å². The van der Waals surface area contributed by atoms with Crippen LogP contribution in [-0.2, 0) is 4.79 Å². The van der Waals surface area contributed by atoms with Crippen LogP contribution in [0.15, 0.2) is 41.6 Å². The number of anilines is 1. The van der Waals surface area contributed by atoms with Gasteiger partial charge in [-0.15, -0.1) is 0 Å². The van der Waals surface area contributed by atoms with Crippen LogP contribution in [0.25, 0.3) is 0 Å². The fourth-order valence-corrected chi connectivity index (χ4v) is 3.70. The van der Waals surface area contributed by atoms with Crippen LogP contribution in [0.3, 0.4) is 0 Å². The van der Waals surface area contributed by atoms with Gasteiger partial charge in [0.2, 0.25) is 0 Å². The average Bonchev–Trinajstić information content (AvgIpc) is 2.88. The fraction of sp³-hybridized carbons (Fsp3) is 0.368. The van der Waals surface area contributed by atoms with Crippen LogP contribution in [-0.4, -0.2) is 16.0 Å². The molecule has 0 saturated carbocycles. The number of hydrogen-bond donors (Lipinski definition) is 2. The number of carbonyl (C=O) groups excluding carboxylic acids is 1. The highest BCUT2D eigenvalue weighted by molar-refractivity contribution is 6.01. The molecule has 0 spiro atoms. The second-order valence-electron chi connectivity index (χ2n) is 7.23. The molecule has 23 heavy (non-hydrogen) atoms. The van der Waals surface area contributed by atoms with Gasteiger partial charge in [0.05, 0.1) is 0 Å². The molecule has 4 nitrogen and oxygen atoms in total. The maximum absolute atomic E-state index is 13.0. The van der Waals surface area contributed by atoms with Crippen molar-refractivity contribution in [2.75, 3.05) is 5.32 Å². The SMILES string of the molecule is [2H]C1(c2ccccc2)C2=C(CC(C)(C)CC2=O)Nc2n[nH]c(C)c21. The molecule has 118 valence electrons. The number of aryl methyl sites for hydroxylation is 1. The number of benzene rings is 1. The molecule has 0 saturated heterocycles. The summed E-state index contributed by atoms with van der Waals surface area (Å²) in [7, 11) is 0. The van der Waals surface area contributed by atoms with E-state index in [0.29, 0.717) is 17.8 Å². The van der Waals surface area contributed by atoms with Gasteiger partial charge in [-0.25, -0.2) is 0 Å². The highest BCUT2D eigenvalue weighted by Crippen LogP contribution is 2.49. The Bertz CT molecular complexity index is 866. The average molecular weight is 308 g/mol. The molecule has 2 heterocycles. The minimum absolute atomic E-state index is 0.0545. The van der Waals surface area contributed by atoms with Crippen molar-refractivity contribution in [2.45, 2.75) is 39.5 Å². The topological polar surface area (TPSA) is 57.8 Å². The second kappa shape index (κ2) is 4.82. The lowest BCUT2D eigenvalue weighted by Crippen LogP contribution is -2.33. The molecule has 1 aliphatic carbocycles. The van der Waals surface area contributed by atoms with Crippen LogP contribution in [0, 0.1) is 12.3 Å². The summed E-state index contributed by atoms with van der Waals surface area (Å²) >= 11 is 0. The number of fused-ring (bicyclic) bond motifs is 1. The lowest BCUT2D eigenvalue weighted by atomic mass is 9.69. The van der Waals surface area contributed by atoms with E-state index in [-0.39, 0.29) is 11.2 Å². The summed E-state index contributed by atoms with van der Waals surface area (Å²) < 4.78 is 9.41. The first-order valence-electron chi connectivity index (χ1n) is 8.48. The van der Waals surface area contributed by atoms with Crippen molar-refractivity contribution < 1.29 is 6.17 Å². The third kappa shape index (κ3) is 2.21. The Balaban J connectivity index is 2.02. The number of ketones is 1. The number of aromatic amines is 1. The van der Waals surface area contributed by atoms with Crippen LogP contribution < -0.4 is 5.32 Å². The number of hydrogen-bond acceptors (Lipinski definition) is 3. The summed E-state index contributed by atoms with van der Waals surface area (Å²) in [5.74, 6) is -0.503. The van der Waals surface area contributed by atoms with Crippen molar-refractivity contribution in [1.29, 1.82) is 0 Å². The summed E-state index contributed by atoms with van der Waals surface area (Å²) in [6, 6.07) is 9.61. The Kier molecular flexibility index (Phi) is 2.75. The van der Waals surface area contributed by atoms with Crippen molar-refractivity contribution in [3.8, 4) is 0 Å². The molecule has 1 unspecified atom stereocenters. The molecule has 1 aliphatic heterocycles. The van der Waals surface area contributed by atoms with E-state index < -0.39 is 5.89 Å². The van der Waals surface area contributed by atoms with Crippen molar-refractivity contribution in [3.63, 3.8) is 0 Å². The maximum Gasteiger partial charge on any atom is 0.162 e. The van der Waals surface area contributed by atoms with Gasteiger partial charge in [0, 0.05) is 36.2 Å². The molecule has 1 atom stereocenters. The quantitative estimate of drug-likeness (QED) is 0.839. The van der Waals surface area contributed by atoms with Crippen molar-refractivity contribution in [3.05, 3.63) is 58.4 Å². The summed E-state index contributed by atoms with van der Waals surface area (Å²) in [4.78, 5) is 13.0. The third-order valence-electron chi connectivity index (χ3n) is 4.65. The van der Waals surface area contributed by atoms with E-state index in [2.05, 4.69) is 29.4 Å². The van der Waals surface area contributed by atoms with Gasteiger partial charge in [-0.1, -0.05) is 44.2 Å². The van der Waals surface area contributed by atoms with Crippen LogP contribution in [0.2, 0.25) is 0 Å². The minimum Gasteiger partial charge on any atom is -0.342 e. The first-order chi connectivity index (χ1) is 11.3. The number of rotatable bonds is 1. The predicted molar refractivity (Wildman–Crippen MR) is 90.3 cm³/mol. The molecule has 0 radical (unpaired) electrons. The molecule has 4 heteroatoms. The van der Waals surface area contributed by atoms with Crippen molar-refractivity contribution >= 4 is 11.6 Å². The van der Waals surface area contributed by atoms with E-state index >= 15 is 0 Å². The normalized spacial score (nSPS) is 26.2. The maximum atomic E-state index is 13.0. The van der Waals surface area contributed by atoms with E-state index in [1.165, 1.54) is 0 Å². The Morgan fingerprint density at radius 3 is 2.74 bits per heavy atom. The second-order valence-corrected chi connectivity index (χ2v) is 7.23. The van der Waals surface area contributed by atoms with Crippen LogP contribution in [0.5, 0.6) is 0 Å². The fourth-order valence-electron chi connectivity index (χ4n) is 3.70. The summed E-state index contributed by atoms with van der Waals surface area (Å²) in [6.07, 6.45) is 1.21. The monoisotopic (exact) mass is 308 g/mol. The molecule has 0 fully saturated rings. The summed E-state index contributed by atoms with van der Waals surface area (Å²) in [6.45, 7) is 6.09. The zero-order valence-corrected chi connectivity index (χ0v) is 13.7. The first kappa shape index (κ1) is 13.1. The van der Waals surface area contributed by atoms with Crippen LogP contribution in [0.4, 0.5) is 5.82 Å². The molecule has 2 aliphatic rings. The number of carbonyl (C=O) groups is 1. The summed E-state index contributed by atoms with van der Waals surface area (Å²) in [5, 5.41) is 10.6. The smallest absolute Gasteiger partial charge is 0.162 e. The standard InChI is InChI=1S/C19H21N3O/c1-11-15-16(12-7-5-4-6-8-12)17-13(20-18(15)22-21-11)9-19(2,3)10-14(17)23/h4-8,16H,9-10H2,1-3H3,(H2,20,21,22)/i16D. The number of aromatic nitrogens is 2. The van der Waals surface area contributed by atoms with Crippen LogP contribution >= 0.6 is 0 Å². The highest BCUT2D eigenvalue weighted by atomic mass is 16.1. The molecule has 2 N–H and O–H groups in total. The Morgan fingerprint density at radius 1 is 1.26 bits per heavy atom. The predicted octanol–water partition coefficient (Wildman–Crippen LogP) is 3.92. The minimum atomic E-state index is -1.22. The first-order valence-corrected chi connectivity index (χ1v) is 7.98. The van der Waals surface area contributed by atoms with E-state index in [0.717, 1.165) is 28.9 Å². The number of nitrogens with zero attached hydrogens (tertiary/aromatic N) is 1. The van der Waals surface area contributed by atoms with Gasteiger partial charge in [-0.05, 0) is 24.3 Å². The number of nitrogens with one attached hydrogen (secondary N) is 2. The third-order valence-corrected chi connectivity index (χ3v) is 4.65. The lowest BCUT2D eigenvalue weighted by Gasteiger charge is -2.38. The van der Waals surface area contributed by atoms with Crippen LogP contribution in [0.1, 0.15) is 50.8 Å². The molecule has 2 aromatic rings. The van der Waals surface area contributed by atoms with Gasteiger partial charge in [0.1, 0.15) is 0 Å². The largest absolute Gasteiger partial charge is 0.342 e. The Hall–Kier alpha value is -2.36. The van der Waals surface area contributed by atoms with Crippen molar-refractivity contribution in [2.24, 2.45) is 5.41 Å². The van der Waals surface area contributed by atoms with Gasteiger partial charge in [-0.3, -0.25) is 9.89 Å². The number of allylic oxidation sites excluding steroid dienone is 2. The van der Waals surface area contributed by atoms with Gasteiger partial charge >= 0.3 is 0 Å².